The summed E-state index contributed by atoms with van der Waals surface area (Å²) in [6, 6.07) is 6.72. The van der Waals surface area contributed by atoms with Crippen molar-refractivity contribution in [3.8, 4) is 0 Å². The Morgan fingerprint density at radius 3 is 2.58 bits per heavy atom. The van der Waals surface area contributed by atoms with Gasteiger partial charge in [-0.3, -0.25) is 18.8 Å². The minimum absolute atomic E-state index is 0.183. The van der Waals surface area contributed by atoms with Crippen LogP contribution in [0.3, 0.4) is 0 Å². The van der Waals surface area contributed by atoms with Crippen LogP contribution in [0.25, 0.3) is 5.65 Å². The molecule has 1 saturated carbocycles. The number of amides is 2. The number of fused-ring (bicyclic) bond motifs is 1. The van der Waals surface area contributed by atoms with Crippen LogP contribution in [0.15, 0.2) is 35.3 Å². The fraction of sp³-hybridized carbons (Fsp3) is 0.412. The second-order valence-electron chi connectivity index (χ2n) is 6.44. The van der Waals surface area contributed by atoms with Gasteiger partial charge < -0.3 is 9.80 Å². The number of rotatable bonds is 4. The topological polar surface area (TPSA) is 75.0 Å². The number of carbonyl (C=O) groups excluding carboxylic acids is 2. The summed E-state index contributed by atoms with van der Waals surface area (Å²) in [6.07, 6.45) is 3.94. The third-order valence-electron chi connectivity index (χ3n) is 4.55. The predicted molar refractivity (Wildman–Crippen MR) is 86.2 cm³/mol. The van der Waals surface area contributed by atoms with Gasteiger partial charge in [0.15, 0.2) is 0 Å². The van der Waals surface area contributed by atoms with Crippen molar-refractivity contribution in [2.45, 2.75) is 19.4 Å². The van der Waals surface area contributed by atoms with Crippen LogP contribution >= 0.6 is 0 Å². The van der Waals surface area contributed by atoms with Gasteiger partial charge in [-0.25, -0.2) is 4.98 Å². The molecule has 2 aromatic rings. The average Bonchev–Trinajstić information content (AvgIpc) is 3.39. The van der Waals surface area contributed by atoms with Crippen molar-refractivity contribution in [1.29, 1.82) is 0 Å². The van der Waals surface area contributed by atoms with E-state index in [1.165, 1.54) is 15.4 Å². The first-order valence-electron chi connectivity index (χ1n) is 8.17. The molecule has 4 rings (SSSR count). The van der Waals surface area contributed by atoms with Gasteiger partial charge in [0.25, 0.3) is 5.56 Å². The molecule has 1 saturated heterocycles. The molecule has 0 bridgehead atoms. The summed E-state index contributed by atoms with van der Waals surface area (Å²) in [7, 11) is 0. The number of piperazine rings is 1. The molecule has 0 aromatic carbocycles. The quantitative estimate of drug-likeness (QED) is 0.756. The smallest absolute Gasteiger partial charge is 0.312 e. The maximum absolute atomic E-state index is 12.3. The van der Waals surface area contributed by atoms with Gasteiger partial charge >= 0.3 is 11.8 Å². The van der Waals surface area contributed by atoms with Crippen molar-refractivity contribution >= 4 is 17.5 Å². The molecular weight excluding hydrogens is 308 g/mol. The van der Waals surface area contributed by atoms with Crippen LogP contribution in [-0.2, 0) is 16.1 Å². The molecule has 124 valence electrons. The first kappa shape index (κ1) is 14.9. The van der Waals surface area contributed by atoms with Gasteiger partial charge in [0.1, 0.15) is 5.65 Å². The maximum Gasteiger partial charge on any atom is 0.312 e. The predicted octanol–water partition coefficient (Wildman–Crippen LogP) is 0.275. The summed E-state index contributed by atoms with van der Waals surface area (Å²) in [6.45, 7) is 1.90. The van der Waals surface area contributed by atoms with Crippen LogP contribution in [0.4, 0.5) is 0 Å². The highest BCUT2D eigenvalue weighted by atomic mass is 16.2. The van der Waals surface area contributed by atoms with E-state index in [4.69, 9.17) is 0 Å². The zero-order valence-corrected chi connectivity index (χ0v) is 13.2. The molecule has 2 fully saturated rings. The monoisotopic (exact) mass is 326 g/mol. The van der Waals surface area contributed by atoms with Crippen LogP contribution in [0.1, 0.15) is 18.5 Å². The first-order chi connectivity index (χ1) is 11.6. The van der Waals surface area contributed by atoms with E-state index in [9.17, 15) is 14.4 Å². The number of hydrogen-bond acceptors (Lipinski definition) is 4. The minimum atomic E-state index is -0.503. The summed E-state index contributed by atoms with van der Waals surface area (Å²) in [5, 5.41) is 0. The lowest BCUT2D eigenvalue weighted by Gasteiger charge is -2.33. The molecule has 2 aromatic heterocycles. The Bertz CT molecular complexity index is 872. The molecule has 7 heteroatoms. The van der Waals surface area contributed by atoms with Crippen molar-refractivity contribution in [2.24, 2.45) is 5.92 Å². The number of hydrogen-bond donors (Lipinski definition) is 0. The largest absolute Gasteiger partial charge is 0.332 e. The number of aromatic nitrogens is 2. The lowest BCUT2D eigenvalue weighted by Crippen LogP contribution is -2.54. The normalized spacial score (nSPS) is 18.5. The van der Waals surface area contributed by atoms with Crippen LogP contribution in [-0.4, -0.2) is 50.6 Å². The second kappa shape index (κ2) is 5.74. The molecule has 0 spiro atoms. The van der Waals surface area contributed by atoms with E-state index in [0.717, 1.165) is 12.8 Å². The lowest BCUT2D eigenvalue weighted by atomic mass is 10.2. The summed E-state index contributed by atoms with van der Waals surface area (Å²) in [4.78, 5) is 44.2. The molecule has 0 unspecified atom stereocenters. The highest BCUT2D eigenvalue weighted by molar-refractivity contribution is 6.35. The Hall–Kier alpha value is -2.70. The van der Waals surface area contributed by atoms with Gasteiger partial charge in [-0.05, 0) is 30.9 Å². The molecule has 0 N–H and O–H groups in total. The maximum atomic E-state index is 12.3. The van der Waals surface area contributed by atoms with Crippen LogP contribution in [0.2, 0.25) is 0 Å². The molecule has 2 amide bonds. The van der Waals surface area contributed by atoms with Gasteiger partial charge in [-0.1, -0.05) is 6.07 Å². The van der Waals surface area contributed by atoms with E-state index in [1.54, 1.807) is 29.3 Å². The van der Waals surface area contributed by atoms with E-state index in [1.807, 2.05) is 0 Å². The molecule has 2 aliphatic rings. The number of carbonyl (C=O) groups is 2. The molecule has 0 atom stereocenters. The number of nitrogens with zero attached hydrogens (tertiary/aromatic N) is 4. The molecule has 1 aliphatic heterocycles. The van der Waals surface area contributed by atoms with Crippen molar-refractivity contribution in [3.63, 3.8) is 0 Å². The Balaban J connectivity index is 1.52. The molecule has 0 radical (unpaired) electrons. The Morgan fingerprint density at radius 2 is 1.79 bits per heavy atom. The van der Waals surface area contributed by atoms with Gasteiger partial charge in [0.2, 0.25) is 0 Å². The molecular formula is C17H18N4O3. The Kier molecular flexibility index (Phi) is 3.55. The average molecular weight is 326 g/mol. The van der Waals surface area contributed by atoms with Gasteiger partial charge in [0, 0.05) is 31.9 Å². The van der Waals surface area contributed by atoms with E-state index in [-0.39, 0.29) is 12.1 Å². The van der Waals surface area contributed by atoms with Gasteiger partial charge in [-0.15, -0.1) is 0 Å². The summed E-state index contributed by atoms with van der Waals surface area (Å²) >= 11 is 0. The molecule has 3 heterocycles. The van der Waals surface area contributed by atoms with Crippen molar-refractivity contribution < 1.29 is 9.59 Å². The van der Waals surface area contributed by atoms with E-state index < -0.39 is 11.8 Å². The minimum Gasteiger partial charge on any atom is -0.332 e. The zero-order chi connectivity index (χ0) is 16.7. The van der Waals surface area contributed by atoms with Crippen molar-refractivity contribution in [3.05, 3.63) is 46.5 Å². The Labute approximate surface area is 138 Å². The van der Waals surface area contributed by atoms with E-state index in [0.29, 0.717) is 36.9 Å². The van der Waals surface area contributed by atoms with Crippen LogP contribution < -0.4 is 5.56 Å². The van der Waals surface area contributed by atoms with Crippen molar-refractivity contribution in [1.82, 2.24) is 19.2 Å². The fourth-order valence-electron chi connectivity index (χ4n) is 3.03. The molecule has 1 aliphatic carbocycles. The second-order valence-corrected chi connectivity index (χ2v) is 6.44. The van der Waals surface area contributed by atoms with E-state index in [2.05, 4.69) is 4.98 Å². The summed E-state index contributed by atoms with van der Waals surface area (Å²) in [5.74, 6) is -0.377. The van der Waals surface area contributed by atoms with Gasteiger partial charge in [-0.2, -0.15) is 0 Å². The summed E-state index contributed by atoms with van der Waals surface area (Å²) in [5.41, 5.74) is 0.843. The third kappa shape index (κ3) is 2.77. The zero-order valence-electron chi connectivity index (χ0n) is 13.2. The fourth-order valence-corrected chi connectivity index (χ4v) is 3.03. The number of pyridine rings is 1. The first-order valence-corrected chi connectivity index (χ1v) is 8.17. The van der Waals surface area contributed by atoms with Crippen LogP contribution in [0, 0.1) is 5.92 Å². The van der Waals surface area contributed by atoms with Gasteiger partial charge in [0.05, 0.1) is 12.2 Å². The highest BCUT2D eigenvalue weighted by Gasteiger charge is 2.35. The standard InChI is InChI=1S/C17H18N4O3/c22-15-9-13(18-14-3-1-2-6-21(14)15)11-20-8-7-19(10-12-4-5-12)16(23)17(20)24/h1-3,6,9,12H,4-5,7-8,10-11H2. The Morgan fingerprint density at radius 1 is 1.04 bits per heavy atom. The van der Waals surface area contributed by atoms with Crippen LogP contribution in [0.5, 0.6) is 0 Å². The SMILES string of the molecule is O=C1C(=O)N(CC2CC2)CCN1Cc1cc(=O)n2ccccc2n1. The highest BCUT2D eigenvalue weighted by Crippen LogP contribution is 2.30. The lowest BCUT2D eigenvalue weighted by molar-refractivity contribution is -0.156. The van der Waals surface area contributed by atoms with E-state index >= 15 is 0 Å². The third-order valence-corrected chi connectivity index (χ3v) is 4.55. The summed E-state index contributed by atoms with van der Waals surface area (Å²) < 4.78 is 1.45. The van der Waals surface area contributed by atoms with Crippen molar-refractivity contribution in [2.75, 3.05) is 19.6 Å². The molecule has 24 heavy (non-hydrogen) atoms. The molecule has 7 nitrogen and oxygen atoms in total.